The summed E-state index contributed by atoms with van der Waals surface area (Å²) >= 11 is 0. The normalized spacial score (nSPS) is 17.3. The van der Waals surface area contributed by atoms with Crippen molar-refractivity contribution >= 4 is 27.6 Å². The lowest BCUT2D eigenvalue weighted by atomic mass is 10.1. The fraction of sp³-hybridized carbons (Fsp3) is 0.529. The second-order valence-electron chi connectivity index (χ2n) is 6.25. The molecule has 1 unspecified atom stereocenters. The lowest BCUT2D eigenvalue weighted by Gasteiger charge is -2.19. The Hall–Kier alpha value is -2.09. The number of carboxylic acids is 1. The monoisotopic (exact) mass is 368 g/mol. The Bertz CT molecular complexity index is 760. The highest BCUT2D eigenvalue weighted by molar-refractivity contribution is 7.93. The molecule has 1 fully saturated rings. The number of hydrogen-bond donors (Lipinski definition) is 2. The molecule has 1 amide bonds. The molecule has 1 aromatic rings. The van der Waals surface area contributed by atoms with Crippen LogP contribution in [0.25, 0.3) is 0 Å². The number of hydrogen-bond acceptors (Lipinski definition) is 4. The van der Waals surface area contributed by atoms with E-state index in [-0.39, 0.29) is 5.75 Å². The van der Waals surface area contributed by atoms with E-state index in [1.54, 1.807) is 25.1 Å². The minimum atomic E-state index is -3.28. The van der Waals surface area contributed by atoms with Crippen LogP contribution in [0.5, 0.6) is 0 Å². The molecule has 1 aromatic carbocycles. The lowest BCUT2D eigenvalue weighted by molar-refractivity contribution is -0.139. The van der Waals surface area contributed by atoms with Crippen molar-refractivity contribution in [3.63, 3.8) is 0 Å². The maximum absolute atomic E-state index is 12.4. The van der Waals surface area contributed by atoms with E-state index >= 15 is 0 Å². The van der Waals surface area contributed by atoms with Crippen molar-refractivity contribution in [2.75, 3.05) is 16.6 Å². The van der Waals surface area contributed by atoms with Gasteiger partial charge in [0, 0.05) is 12.1 Å². The number of aliphatic carboxylic acids is 1. The molecule has 7 nitrogen and oxygen atoms in total. The van der Waals surface area contributed by atoms with Gasteiger partial charge in [-0.1, -0.05) is 19.8 Å². The summed E-state index contributed by atoms with van der Waals surface area (Å²) < 4.78 is 25.3. The minimum absolute atomic E-state index is 0.131. The molecule has 0 saturated carbocycles. The molecule has 0 aliphatic carbocycles. The third-order valence-electron chi connectivity index (χ3n) is 4.29. The molecule has 0 bridgehead atoms. The number of benzene rings is 1. The van der Waals surface area contributed by atoms with Crippen molar-refractivity contribution in [2.45, 2.75) is 45.6 Å². The largest absolute Gasteiger partial charge is 0.480 e. The summed E-state index contributed by atoms with van der Waals surface area (Å²) in [7, 11) is -3.28. The zero-order chi connectivity index (χ0) is 18.6. The Morgan fingerprint density at radius 2 is 2.08 bits per heavy atom. The number of carboxylic acid groups (broad SMARTS) is 1. The van der Waals surface area contributed by atoms with Crippen LogP contribution in [-0.4, -0.2) is 43.7 Å². The number of carbonyl (C=O) groups is 2. The highest BCUT2D eigenvalue weighted by Crippen LogP contribution is 2.26. The van der Waals surface area contributed by atoms with Crippen LogP contribution in [0.15, 0.2) is 18.2 Å². The molecule has 0 aromatic heterocycles. The Labute approximate surface area is 148 Å². The second-order valence-corrected chi connectivity index (χ2v) is 8.26. The number of carbonyl (C=O) groups excluding carboxylic acids is 1. The fourth-order valence-corrected chi connectivity index (χ4v) is 4.45. The number of aryl methyl sites for hydroxylation is 1. The molecule has 8 heteroatoms. The van der Waals surface area contributed by atoms with Crippen LogP contribution in [0.2, 0.25) is 0 Å². The standard InChI is InChI=1S/C17H24N2O5S/c1-3-4-6-15(17(21)22)18-16(20)14-8-7-13(11-12(14)2)19-9-5-10-25(19,23)24/h7-8,11,15H,3-6,9-10H2,1-2H3,(H,18,20)(H,21,22). The molecule has 1 saturated heterocycles. The molecule has 2 rings (SSSR count). The molecule has 1 atom stereocenters. The van der Waals surface area contributed by atoms with Gasteiger partial charge in [-0.15, -0.1) is 0 Å². The predicted octanol–water partition coefficient (Wildman–Crippen LogP) is 1.91. The number of anilines is 1. The van der Waals surface area contributed by atoms with Crippen molar-refractivity contribution < 1.29 is 23.1 Å². The Morgan fingerprint density at radius 1 is 1.36 bits per heavy atom. The van der Waals surface area contributed by atoms with Gasteiger partial charge in [-0.25, -0.2) is 13.2 Å². The smallest absolute Gasteiger partial charge is 0.326 e. The van der Waals surface area contributed by atoms with Crippen LogP contribution in [0, 0.1) is 6.92 Å². The summed E-state index contributed by atoms with van der Waals surface area (Å²) in [5.41, 5.74) is 1.49. The number of rotatable bonds is 7. The lowest BCUT2D eigenvalue weighted by Crippen LogP contribution is -2.41. The third kappa shape index (κ3) is 4.50. The first-order valence-corrected chi connectivity index (χ1v) is 10.0. The van der Waals surface area contributed by atoms with Gasteiger partial charge in [-0.05, 0) is 43.5 Å². The van der Waals surface area contributed by atoms with E-state index in [0.717, 1.165) is 6.42 Å². The summed E-state index contributed by atoms with van der Waals surface area (Å²) in [6.45, 7) is 4.10. The highest BCUT2D eigenvalue weighted by Gasteiger charge is 2.29. The summed E-state index contributed by atoms with van der Waals surface area (Å²) in [6.07, 6.45) is 2.52. The first-order chi connectivity index (χ1) is 11.8. The summed E-state index contributed by atoms with van der Waals surface area (Å²) in [4.78, 5) is 23.7. The minimum Gasteiger partial charge on any atom is -0.480 e. The zero-order valence-corrected chi connectivity index (χ0v) is 15.3. The highest BCUT2D eigenvalue weighted by atomic mass is 32.2. The molecule has 2 N–H and O–H groups in total. The van der Waals surface area contributed by atoms with Crippen LogP contribution < -0.4 is 9.62 Å². The van der Waals surface area contributed by atoms with E-state index in [1.165, 1.54) is 4.31 Å². The average Bonchev–Trinajstić information content (AvgIpc) is 2.90. The van der Waals surface area contributed by atoms with Gasteiger partial charge >= 0.3 is 5.97 Å². The van der Waals surface area contributed by atoms with Crippen molar-refractivity contribution in [3.05, 3.63) is 29.3 Å². The van der Waals surface area contributed by atoms with Gasteiger partial charge in [-0.3, -0.25) is 9.10 Å². The van der Waals surface area contributed by atoms with Crippen molar-refractivity contribution in [1.29, 1.82) is 0 Å². The number of sulfonamides is 1. The topological polar surface area (TPSA) is 104 Å². The van der Waals surface area contributed by atoms with Crippen molar-refractivity contribution in [2.24, 2.45) is 0 Å². The zero-order valence-electron chi connectivity index (χ0n) is 14.5. The molecule has 0 spiro atoms. The van der Waals surface area contributed by atoms with Gasteiger partial charge in [0.1, 0.15) is 6.04 Å². The fourth-order valence-electron chi connectivity index (χ4n) is 2.89. The van der Waals surface area contributed by atoms with Crippen LogP contribution in [-0.2, 0) is 14.8 Å². The maximum Gasteiger partial charge on any atom is 0.326 e. The Morgan fingerprint density at radius 3 is 2.60 bits per heavy atom. The number of nitrogens with one attached hydrogen (secondary N) is 1. The number of unbranched alkanes of at least 4 members (excludes halogenated alkanes) is 1. The van der Waals surface area contributed by atoms with Gasteiger partial charge in [0.25, 0.3) is 5.91 Å². The van der Waals surface area contributed by atoms with E-state index in [4.69, 9.17) is 0 Å². The van der Waals surface area contributed by atoms with Gasteiger partial charge < -0.3 is 10.4 Å². The number of nitrogens with zero attached hydrogens (tertiary/aromatic N) is 1. The summed E-state index contributed by atoms with van der Waals surface area (Å²) in [5.74, 6) is -1.39. The SMILES string of the molecule is CCCCC(NC(=O)c1ccc(N2CCCS2(=O)=O)cc1C)C(=O)O. The van der Waals surface area contributed by atoms with Gasteiger partial charge in [0.15, 0.2) is 0 Å². The summed E-state index contributed by atoms with van der Waals surface area (Å²) in [6, 6.07) is 3.86. The molecule has 25 heavy (non-hydrogen) atoms. The molecular weight excluding hydrogens is 344 g/mol. The maximum atomic E-state index is 12.4. The van der Waals surface area contributed by atoms with Crippen molar-refractivity contribution in [1.82, 2.24) is 5.32 Å². The third-order valence-corrected chi connectivity index (χ3v) is 6.16. The van der Waals surface area contributed by atoms with E-state index in [2.05, 4.69) is 5.32 Å². The van der Waals surface area contributed by atoms with Crippen LogP contribution in [0.1, 0.15) is 48.5 Å². The predicted molar refractivity (Wildman–Crippen MR) is 95.3 cm³/mol. The van der Waals surface area contributed by atoms with Crippen molar-refractivity contribution in [3.8, 4) is 0 Å². The van der Waals surface area contributed by atoms with Gasteiger partial charge in [0.05, 0.1) is 11.4 Å². The Kier molecular flexibility index (Phi) is 6.05. The van der Waals surface area contributed by atoms with E-state index in [0.29, 0.717) is 42.6 Å². The first kappa shape index (κ1) is 19.2. The quantitative estimate of drug-likeness (QED) is 0.765. The van der Waals surface area contributed by atoms with E-state index in [9.17, 15) is 23.1 Å². The van der Waals surface area contributed by atoms with Crippen LogP contribution >= 0.6 is 0 Å². The second kappa shape index (κ2) is 7.86. The summed E-state index contributed by atoms with van der Waals surface area (Å²) in [5, 5.41) is 11.8. The molecule has 0 radical (unpaired) electrons. The first-order valence-electron chi connectivity index (χ1n) is 8.41. The molecule has 138 valence electrons. The van der Waals surface area contributed by atoms with Crippen LogP contribution in [0.3, 0.4) is 0 Å². The van der Waals surface area contributed by atoms with Crippen LogP contribution in [0.4, 0.5) is 5.69 Å². The van der Waals surface area contributed by atoms with E-state index in [1.807, 2.05) is 6.92 Å². The molecule has 1 aliphatic heterocycles. The van der Waals surface area contributed by atoms with Gasteiger partial charge in [-0.2, -0.15) is 0 Å². The van der Waals surface area contributed by atoms with Gasteiger partial charge in [0.2, 0.25) is 10.0 Å². The molecule has 1 heterocycles. The average molecular weight is 368 g/mol. The molecule has 1 aliphatic rings. The number of amides is 1. The van der Waals surface area contributed by atoms with E-state index < -0.39 is 27.9 Å². The Balaban J connectivity index is 2.17. The molecular formula is C17H24N2O5S.